The molecule has 1 aromatic heterocycles. The zero-order chi connectivity index (χ0) is 19.8. The van der Waals surface area contributed by atoms with Crippen LogP contribution < -0.4 is 4.90 Å². The Labute approximate surface area is 154 Å². The molecule has 2 fully saturated rings. The Balaban J connectivity index is 1.64. The van der Waals surface area contributed by atoms with E-state index in [0.717, 1.165) is 18.7 Å². The average Bonchev–Trinajstić information content (AvgIpc) is 3.08. The lowest BCUT2D eigenvalue weighted by atomic mass is 9.93. The number of halogens is 3. The standard InChI is InChI=1S/C17H24F3N3O4/c18-17(19,20)11-3-12(5-21-4-11)22-2-1-10(6-22)7-23-8-14(25)16(27)15(26)13(23)9-24/h3-5,10,13-16,24-27H,1-2,6-9H2/t10-,13+,14-,15+,16+/m0/s1. The molecule has 10 heteroatoms. The Morgan fingerprint density at radius 2 is 1.85 bits per heavy atom. The maximum Gasteiger partial charge on any atom is 0.417 e. The maximum absolute atomic E-state index is 12.9. The molecule has 27 heavy (non-hydrogen) atoms. The molecule has 3 rings (SSSR count). The van der Waals surface area contributed by atoms with Gasteiger partial charge in [-0.2, -0.15) is 13.2 Å². The van der Waals surface area contributed by atoms with Crippen molar-refractivity contribution in [1.82, 2.24) is 9.88 Å². The maximum atomic E-state index is 12.9. The predicted molar refractivity (Wildman–Crippen MR) is 90.0 cm³/mol. The highest BCUT2D eigenvalue weighted by Crippen LogP contribution is 2.33. The highest BCUT2D eigenvalue weighted by atomic mass is 19.4. The van der Waals surface area contributed by atoms with Gasteiger partial charge in [0.2, 0.25) is 0 Å². The number of hydrogen-bond donors (Lipinski definition) is 4. The zero-order valence-electron chi connectivity index (χ0n) is 14.6. The Bertz CT molecular complexity index is 648. The number of pyridine rings is 1. The third-order valence-corrected chi connectivity index (χ3v) is 5.41. The molecule has 3 heterocycles. The summed E-state index contributed by atoms with van der Waals surface area (Å²) in [7, 11) is 0. The molecule has 0 unspecified atom stereocenters. The topological polar surface area (TPSA) is 100 Å². The first-order valence-electron chi connectivity index (χ1n) is 8.87. The van der Waals surface area contributed by atoms with Crippen LogP contribution in [-0.2, 0) is 6.18 Å². The van der Waals surface area contributed by atoms with Crippen LogP contribution in [0.3, 0.4) is 0 Å². The van der Waals surface area contributed by atoms with Gasteiger partial charge in [0.25, 0.3) is 0 Å². The van der Waals surface area contributed by atoms with E-state index in [9.17, 15) is 33.6 Å². The quantitative estimate of drug-likeness (QED) is 0.559. The lowest BCUT2D eigenvalue weighted by Gasteiger charge is -2.44. The van der Waals surface area contributed by atoms with E-state index in [1.807, 2.05) is 4.90 Å². The molecule has 1 aromatic rings. The van der Waals surface area contributed by atoms with Crippen LogP contribution in [0.15, 0.2) is 18.5 Å². The number of piperidine rings is 1. The number of anilines is 1. The van der Waals surface area contributed by atoms with Gasteiger partial charge in [-0.05, 0) is 18.4 Å². The lowest BCUT2D eigenvalue weighted by molar-refractivity contribution is -0.146. The van der Waals surface area contributed by atoms with E-state index in [0.29, 0.717) is 25.3 Å². The van der Waals surface area contributed by atoms with Crippen LogP contribution in [0.1, 0.15) is 12.0 Å². The predicted octanol–water partition coefficient (Wildman–Crippen LogP) is -0.314. The smallest absolute Gasteiger partial charge is 0.395 e. The van der Waals surface area contributed by atoms with E-state index >= 15 is 0 Å². The number of alkyl halides is 3. The van der Waals surface area contributed by atoms with Crippen LogP contribution in [0.5, 0.6) is 0 Å². The minimum atomic E-state index is -4.45. The van der Waals surface area contributed by atoms with Gasteiger partial charge in [0.15, 0.2) is 0 Å². The van der Waals surface area contributed by atoms with E-state index in [4.69, 9.17) is 0 Å². The van der Waals surface area contributed by atoms with Crippen LogP contribution in [0.25, 0.3) is 0 Å². The number of likely N-dealkylation sites (tertiary alicyclic amines) is 1. The molecule has 2 aliphatic rings. The molecule has 0 aliphatic carbocycles. The van der Waals surface area contributed by atoms with Crippen LogP contribution >= 0.6 is 0 Å². The SMILES string of the molecule is OC[C@@H]1[C@@H](O)[C@H](O)[C@@H](O)CN1C[C@H]1CCN(c2cncc(C(F)(F)F)c2)C1. The molecular weight excluding hydrogens is 367 g/mol. The number of aromatic nitrogens is 1. The number of β-amino-alcohol motifs (C(OH)–C–C–N with tert-alkyl or cyclic N) is 1. The summed E-state index contributed by atoms with van der Waals surface area (Å²) in [5.41, 5.74) is -0.389. The van der Waals surface area contributed by atoms with Crippen molar-refractivity contribution in [3.63, 3.8) is 0 Å². The minimum Gasteiger partial charge on any atom is -0.395 e. The number of rotatable bonds is 4. The molecule has 4 N–H and O–H groups in total. The van der Waals surface area contributed by atoms with Gasteiger partial charge in [-0.1, -0.05) is 0 Å². The van der Waals surface area contributed by atoms with E-state index in [1.165, 1.54) is 6.20 Å². The first-order chi connectivity index (χ1) is 12.7. The normalized spacial score (nSPS) is 32.9. The molecule has 0 bridgehead atoms. The van der Waals surface area contributed by atoms with Crippen LogP contribution in [0, 0.1) is 5.92 Å². The molecule has 0 aromatic carbocycles. The largest absolute Gasteiger partial charge is 0.417 e. The van der Waals surface area contributed by atoms with Crippen LogP contribution in [-0.4, -0.2) is 87.4 Å². The second-order valence-corrected chi connectivity index (χ2v) is 7.28. The van der Waals surface area contributed by atoms with Crippen molar-refractivity contribution < 1.29 is 33.6 Å². The van der Waals surface area contributed by atoms with Gasteiger partial charge in [0, 0.05) is 32.4 Å². The fourth-order valence-electron chi connectivity index (χ4n) is 3.89. The Kier molecular flexibility index (Phi) is 5.92. The Morgan fingerprint density at radius 1 is 1.11 bits per heavy atom. The van der Waals surface area contributed by atoms with Crippen molar-refractivity contribution in [1.29, 1.82) is 0 Å². The third-order valence-electron chi connectivity index (χ3n) is 5.41. The van der Waals surface area contributed by atoms with Gasteiger partial charge in [-0.3, -0.25) is 9.88 Å². The average molecular weight is 391 g/mol. The number of aliphatic hydroxyl groups is 4. The summed E-state index contributed by atoms with van der Waals surface area (Å²) in [6.45, 7) is 1.28. The summed E-state index contributed by atoms with van der Waals surface area (Å²) in [6, 6.07) is 0.393. The summed E-state index contributed by atoms with van der Waals surface area (Å²) in [6.07, 6.45) is -5.22. The molecule has 2 aliphatic heterocycles. The molecule has 0 spiro atoms. The van der Waals surface area contributed by atoms with Crippen molar-refractivity contribution in [2.45, 2.75) is 37.0 Å². The highest BCUT2D eigenvalue weighted by molar-refractivity contribution is 5.47. The fraction of sp³-hybridized carbons (Fsp3) is 0.706. The number of aliphatic hydroxyl groups excluding tert-OH is 4. The second kappa shape index (κ2) is 7.88. The summed E-state index contributed by atoms with van der Waals surface area (Å²) in [5, 5.41) is 39.2. The summed E-state index contributed by atoms with van der Waals surface area (Å²) in [5.74, 6) is 0.0863. The molecule has 0 saturated carbocycles. The molecule has 2 saturated heterocycles. The van der Waals surface area contributed by atoms with Crippen molar-refractivity contribution in [3.05, 3.63) is 24.0 Å². The molecule has 7 nitrogen and oxygen atoms in total. The molecule has 152 valence electrons. The van der Waals surface area contributed by atoms with Gasteiger partial charge >= 0.3 is 6.18 Å². The van der Waals surface area contributed by atoms with Gasteiger partial charge in [-0.25, -0.2) is 0 Å². The first kappa shape index (κ1) is 20.3. The highest BCUT2D eigenvalue weighted by Gasteiger charge is 2.42. The van der Waals surface area contributed by atoms with Crippen LogP contribution in [0.4, 0.5) is 18.9 Å². The third kappa shape index (κ3) is 4.35. The fourth-order valence-corrected chi connectivity index (χ4v) is 3.89. The summed E-state index contributed by atoms with van der Waals surface area (Å²) in [4.78, 5) is 7.25. The monoisotopic (exact) mass is 391 g/mol. The van der Waals surface area contributed by atoms with Gasteiger partial charge < -0.3 is 25.3 Å². The second-order valence-electron chi connectivity index (χ2n) is 7.28. The van der Waals surface area contributed by atoms with E-state index < -0.39 is 36.1 Å². The molecule has 0 amide bonds. The van der Waals surface area contributed by atoms with Crippen molar-refractivity contribution in [2.24, 2.45) is 5.92 Å². The van der Waals surface area contributed by atoms with Gasteiger partial charge in [-0.15, -0.1) is 0 Å². The molecular formula is C17H24F3N3O4. The van der Waals surface area contributed by atoms with Crippen molar-refractivity contribution in [3.8, 4) is 0 Å². The summed E-state index contributed by atoms with van der Waals surface area (Å²) < 4.78 is 38.6. The van der Waals surface area contributed by atoms with Gasteiger partial charge in [0.05, 0.1) is 36.2 Å². The van der Waals surface area contributed by atoms with Crippen molar-refractivity contribution >= 4 is 5.69 Å². The van der Waals surface area contributed by atoms with E-state index in [1.54, 1.807) is 4.90 Å². The Morgan fingerprint density at radius 3 is 2.52 bits per heavy atom. The van der Waals surface area contributed by atoms with E-state index in [2.05, 4.69) is 4.98 Å². The number of hydrogen-bond acceptors (Lipinski definition) is 7. The van der Waals surface area contributed by atoms with Crippen molar-refractivity contribution in [2.75, 3.05) is 37.7 Å². The minimum absolute atomic E-state index is 0.0863. The van der Waals surface area contributed by atoms with Gasteiger partial charge in [0.1, 0.15) is 12.2 Å². The van der Waals surface area contributed by atoms with E-state index in [-0.39, 0.29) is 19.1 Å². The molecule has 5 atom stereocenters. The zero-order valence-corrected chi connectivity index (χ0v) is 14.6. The molecule has 0 radical (unpaired) electrons. The lowest BCUT2D eigenvalue weighted by Crippen LogP contribution is -2.63. The Hall–Kier alpha value is -1.46. The first-order valence-corrected chi connectivity index (χ1v) is 8.87. The van der Waals surface area contributed by atoms with Crippen LogP contribution in [0.2, 0.25) is 0 Å². The summed E-state index contributed by atoms with van der Waals surface area (Å²) >= 11 is 0. The number of nitrogens with zero attached hydrogens (tertiary/aromatic N) is 3.